The maximum Gasteiger partial charge on any atom is 0.124 e. The summed E-state index contributed by atoms with van der Waals surface area (Å²) in [4.78, 5) is 10.3. The van der Waals surface area contributed by atoms with Gasteiger partial charge < -0.3 is 4.79 Å². The fourth-order valence-electron chi connectivity index (χ4n) is 1.47. The molecule has 0 saturated carbocycles. The van der Waals surface area contributed by atoms with E-state index in [0.29, 0.717) is 6.42 Å². The van der Waals surface area contributed by atoms with Crippen LogP contribution in [0.3, 0.4) is 0 Å². The van der Waals surface area contributed by atoms with E-state index in [4.69, 9.17) is 0 Å². The second kappa shape index (κ2) is 4.09. The van der Waals surface area contributed by atoms with Gasteiger partial charge in [0.15, 0.2) is 0 Å². The van der Waals surface area contributed by atoms with E-state index in [1.807, 2.05) is 31.3 Å². The summed E-state index contributed by atoms with van der Waals surface area (Å²) >= 11 is 0. The molecule has 0 aliphatic carbocycles. The van der Waals surface area contributed by atoms with Crippen molar-refractivity contribution in [2.24, 2.45) is 0 Å². The monoisotopic (exact) mass is 200 g/mol. The first-order valence-electron chi connectivity index (χ1n) is 4.84. The molecule has 0 unspecified atom stereocenters. The van der Waals surface area contributed by atoms with E-state index in [1.54, 1.807) is 10.9 Å². The van der Waals surface area contributed by atoms with Gasteiger partial charge in [-0.1, -0.05) is 12.1 Å². The van der Waals surface area contributed by atoms with Crippen molar-refractivity contribution < 1.29 is 4.79 Å². The van der Waals surface area contributed by atoms with Crippen molar-refractivity contribution in [1.29, 1.82) is 0 Å². The van der Waals surface area contributed by atoms with Crippen LogP contribution in [0.25, 0.3) is 5.69 Å². The second-order valence-corrected chi connectivity index (χ2v) is 3.50. The van der Waals surface area contributed by atoms with Gasteiger partial charge in [0.2, 0.25) is 0 Å². The highest BCUT2D eigenvalue weighted by Gasteiger charge is 2.00. The lowest BCUT2D eigenvalue weighted by Crippen LogP contribution is -1.94. The molecule has 1 aromatic heterocycles. The lowest BCUT2D eigenvalue weighted by atomic mass is 10.2. The van der Waals surface area contributed by atoms with Crippen LogP contribution >= 0.6 is 0 Å². The number of hydrogen-bond acceptors (Lipinski definition) is 2. The molecule has 0 aliphatic rings. The Bertz CT molecular complexity index is 474. The third-order valence-electron chi connectivity index (χ3n) is 2.22. The molecule has 0 radical (unpaired) electrons. The summed E-state index contributed by atoms with van der Waals surface area (Å²) in [5, 5.41) is 4.20. The summed E-state index contributed by atoms with van der Waals surface area (Å²) in [5.74, 6) is 0. The highest BCUT2D eigenvalue weighted by atomic mass is 16.1. The number of hydrogen-bond donors (Lipinski definition) is 0. The minimum atomic E-state index is 0.422. The normalized spacial score (nSPS) is 10.2. The third kappa shape index (κ3) is 2.13. The number of aromatic nitrogens is 2. The molecule has 0 saturated heterocycles. The fraction of sp³-hybridized carbons (Fsp3) is 0.167. The van der Waals surface area contributed by atoms with Gasteiger partial charge in [-0.25, -0.2) is 4.68 Å². The zero-order valence-corrected chi connectivity index (χ0v) is 8.55. The van der Waals surface area contributed by atoms with Crippen LogP contribution < -0.4 is 0 Å². The number of aldehydes is 1. The van der Waals surface area contributed by atoms with Crippen LogP contribution in [0.2, 0.25) is 0 Å². The maximum atomic E-state index is 10.3. The number of benzene rings is 1. The topological polar surface area (TPSA) is 34.9 Å². The average molecular weight is 200 g/mol. The number of rotatable bonds is 3. The van der Waals surface area contributed by atoms with Gasteiger partial charge in [0.1, 0.15) is 6.29 Å². The van der Waals surface area contributed by atoms with Crippen molar-refractivity contribution in [3.8, 4) is 5.69 Å². The number of nitrogens with zero attached hydrogens (tertiary/aromatic N) is 2. The van der Waals surface area contributed by atoms with E-state index in [-0.39, 0.29) is 0 Å². The van der Waals surface area contributed by atoms with Crippen LogP contribution in [0.1, 0.15) is 11.1 Å². The Morgan fingerprint density at radius 2 is 2.33 bits per heavy atom. The summed E-state index contributed by atoms with van der Waals surface area (Å²) in [6.07, 6.45) is 4.91. The van der Waals surface area contributed by atoms with Gasteiger partial charge in [0.05, 0.1) is 11.9 Å². The van der Waals surface area contributed by atoms with Crippen molar-refractivity contribution in [2.75, 3.05) is 0 Å². The van der Waals surface area contributed by atoms with Crippen molar-refractivity contribution in [3.05, 3.63) is 47.8 Å². The summed E-state index contributed by atoms with van der Waals surface area (Å²) < 4.78 is 1.78. The smallest absolute Gasteiger partial charge is 0.124 e. The van der Waals surface area contributed by atoms with E-state index in [9.17, 15) is 4.79 Å². The number of carbonyl (C=O) groups excluding carboxylic acids is 1. The Labute approximate surface area is 88.4 Å². The molecular formula is C12H12N2O. The van der Waals surface area contributed by atoms with Crippen LogP contribution in [-0.2, 0) is 11.2 Å². The molecule has 0 aliphatic heterocycles. The van der Waals surface area contributed by atoms with Gasteiger partial charge >= 0.3 is 0 Å². The standard InChI is InChI=1S/C12H12N2O/c1-10-3-2-4-12(7-10)14-9-11(5-6-15)8-13-14/h2-4,6-9H,5H2,1H3. The van der Waals surface area contributed by atoms with Crippen molar-refractivity contribution >= 4 is 6.29 Å². The summed E-state index contributed by atoms with van der Waals surface area (Å²) in [5.41, 5.74) is 3.15. The van der Waals surface area contributed by atoms with Crippen LogP contribution in [0.5, 0.6) is 0 Å². The van der Waals surface area contributed by atoms with Crippen LogP contribution in [-0.4, -0.2) is 16.1 Å². The second-order valence-electron chi connectivity index (χ2n) is 3.50. The van der Waals surface area contributed by atoms with Crippen LogP contribution in [0, 0.1) is 6.92 Å². The lowest BCUT2D eigenvalue weighted by molar-refractivity contribution is -0.107. The minimum Gasteiger partial charge on any atom is -0.303 e. The Kier molecular flexibility index (Phi) is 2.63. The first-order valence-corrected chi connectivity index (χ1v) is 4.84. The van der Waals surface area contributed by atoms with Crippen LogP contribution in [0.15, 0.2) is 36.7 Å². The summed E-state index contributed by atoms with van der Waals surface area (Å²) in [6, 6.07) is 8.08. The number of aryl methyl sites for hydroxylation is 1. The summed E-state index contributed by atoms with van der Waals surface area (Å²) in [6.45, 7) is 2.04. The molecule has 0 amide bonds. The van der Waals surface area contributed by atoms with Gasteiger partial charge in [-0.15, -0.1) is 0 Å². The predicted octanol–water partition coefficient (Wildman–Crippen LogP) is 1.92. The molecule has 3 nitrogen and oxygen atoms in total. The Balaban J connectivity index is 2.32. The van der Waals surface area contributed by atoms with Gasteiger partial charge in [0.25, 0.3) is 0 Å². The van der Waals surface area contributed by atoms with E-state index in [2.05, 4.69) is 11.2 Å². The Morgan fingerprint density at radius 1 is 1.47 bits per heavy atom. The highest BCUT2D eigenvalue weighted by molar-refractivity contribution is 5.54. The third-order valence-corrected chi connectivity index (χ3v) is 2.22. The van der Waals surface area contributed by atoms with Gasteiger partial charge in [0, 0.05) is 12.6 Å². The van der Waals surface area contributed by atoms with Gasteiger partial charge in [-0.2, -0.15) is 5.10 Å². The molecule has 2 aromatic rings. The molecule has 0 spiro atoms. The first-order chi connectivity index (χ1) is 7.29. The minimum absolute atomic E-state index is 0.422. The van der Waals surface area contributed by atoms with E-state index >= 15 is 0 Å². The van der Waals surface area contributed by atoms with Gasteiger partial charge in [-0.05, 0) is 30.2 Å². The first kappa shape index (κ1) is 9.65. The molecule has 0 bridgehead atoms. The quantitative estimate of drug-likeness (QED) is 0.709. The molecule has 1 heterocycles. The lowest BCUT2D eigenvalue weighted by Gasteiger charge is -2.01. The largest absolute Gasteiger partial charge is 0.303 e. The van der Waals surface area contributed by atoms with Crippen molar-refractivity contribution in [1.82, 2.24) is 9.78 Å². The number of carbonyl (C=O) groups is 1. The summed E-state index contributed by atoms with van der Waals surface area (Å²) in [7, 11) is 0. The van der Waals surface area contributed by atoms with E-state index < -0.39 is 0 Å². The molecule has 0 fully saturated rings. The zero-order chi connectivity index (χ0) is 10.7. The Hall–Kier alpha value is -1.90. The Morgan fingerprint density at radius 3 is 3.07 bits per heavy atom. The fourth-order valence-corrected chi connectivity index (χ4v) is 1.47. The molecule has 0 atom stereocenters. The van der Waals surface area contributed by atoms with Crippen LogP contribution in [0.4, 0.5) is 0 Å². The molecular weight excluding hydrogens is 188 g/mol. The molecule has 2 rings (SSSR count). The van der Waals surface area contributed by atoms with E-state index in [0.717, 1.165) is 17.5 Å². The maximum absolute atomic E-state index is 10.3. The molecule has 1 aromatic carbocycles. The average Bonchev–Trinajstić information content (AvgIpc) is 2.67. The van der Waals surface area contributed by atoms with E-state index in [1.165, 1.54) is 5.56 Å². The molecule has 3 heteroatoms. The zero-order valence-electron chi connectivity index (χ0n) is 8.55. The van der Waals surface area contributed by atoms with Gasteiger partial charge in [-0.3, -0.25) is 0 Å². The molecule has 76 valence electrons. The molecule has 0 N–H and O–H groups in total. The van der Waals surface area contributed by atoms with Crippen molar-refractivity contribution in [3.63, 3.8) is 0 Å². The predicted molar refractivity (Wildman–Crippen MR) is 58.1 cm³/mol. The molecule has 15 heavy (non-hydrogen) atoms. The highest BCUT2D eigenvalue weighted by Crippen LogP contribution is 2.10. The van der Waals surface area contributed by atoms with Crippen molar-refractivity contribution in [2.45, 2.75) is 13.3 Å². The SMILES string of the molecule is Cc1cccc(-n2cc(CC=O)cn2)c1.